The molecule has 0 spiro atoms. The number of thioether (sulfide) groups is 1. The lowest BCUT2D eigenvalue weighted by Gasteiger charge is -2.18. The van der Waals surface area contributed by atoms with Crippen LogP contribution in [-0.4, -0.2) is 28.8 Å². The number of aliphatic imine (C=N–C) groups is 1. The summed E-state index contributed by atoms with van der Waals surface area (Å²) in [6.07, 6.45) is 4.43. The van der Waals surface area contributed by atoms with Crippen molar-refractivity contribution in [1.82, 2.24) is 15.6 Å². The number of hydrogen-bond acceptors (Lipinski definition) is 4. The number of rotatable bonds is 7. The van der Waals surface area contributed by atoms with Crippen LogP contribution in [0.15, 0.2) is 46.4 Å². The summed E-state index contributed by atoms with van der Waals surface area (Å²) in [5, 5.41) is 7.95. The minimum atomic E-state index is 0.318. The van der Waals surface area contributed by atoms with Crippen LogP contribution in [0.4, 0.5) is 0 Å². The minimum absolute atomic E-state index is 0.318. The second-order valence-corrected chi connectivity index (χ2v) is 8.85. The Morgan fingerprint density at radius 2 is 2.08 bits per heavy atom. The van der Waals surface area contributed by atoms with Gasteiger partial charge in [-0.2, -0.15) is 0 Å². The first-order valence-electron chi connectivity index (χ1n) is 8.37. The molecule has 1 saturated carbocycles. The monoisotopic (exact) mass is 360 g/mol. The van der Waals surface area contributed by atoms with Crippen molar-refractivity contribution < 1.29 is 0 Å². The lowest BCUT2D eigenvalue weighted by atomic mass is 10.4. The molecule has 2 aromatic rings. The first-order valence-corrected chi connectivity index (χ1v) is 10.00. The van der Waals surface area contributed by atoms with Crippen molar-refractivity contribution in [2.24, 2.45) is 4.99 Å². The Balaban J connectivity index is 1.55. The quantitative estimate of drug-likeness (QED) is 0.582. The lowest BCUT2D eigenvalue weighted by molar-refractivity contribution is 0.770. The molecule has 128 valence electrons. The number of nitrogens with zero attached hydrogens (tertiary/aromatic N) is 2. The van der Waals surface area contributed by atoms with Crippen molar-refractivity contribution in [2.45, 2.75) is 42.9 Å². The molecule has 3 rings (SSSR count). The molecular weight excluding hydrogens is 336 g/mol. The fraction of sp³-hybridized carbons (Fsp3) is 0.444. The van der Waals surface area contributed by atoms with Crippen molar-refractivity contribution in [3.63, 3.8) is 0 Å². The van der Waals surface area contributed by atoms with Gasteiger partial charge in [-0.3, -0.25) is 0 Å². The summed E-state index contributed by atoms with van der Waals surface area (Å²) in [7, 11) is 0. The second-order valence-electron chi connectivity index (χ2n) is 5.99. The average Bonchev–Trinajstić information content (AvgIpc) is 3.22. The summed E-state index contributed by atoms with van der Waals surface area (Å²) in [4.78, 5) is 11.5. The molecule has 24 heavy (non-hydrogen) atoms. The largest absolute Gasteiger partial charge is 0.357 e. The molecule has 0 amide bonds. The van der Waals surface area contributed by atoms with Crippen molar-refractivity contribution in [1.29, 1.82) is 0 Å². The molecule has 1 heterocycles. The van der Waals surface area contributed by atoms with Crippen LogP contribution >= 0.6 is 23.1 Å². The standard InChI is InChI=1S/C18H24N4S2/c1-3-19-17(21-12-16-11-20-14(2)23-16)22-13-18(9-10-18)24-15-7-5-4-6-8-15/h4-8,11H,3,9-10,12-13H2,1-2H3,(H2,19,21,22). The van der Waals surface area contributed by atoms with Gasteiger partial charge in [0.15, 0.2) is 5.96 Å². The van der Waals surface area contributed by atoms with E-state index >= 15 is 0 Å². The summed E-state index contributed by atoms with van der Waals surface area (Å²) in [6.45, 7) is 6.62. The highest BCUT2D eigenvalue weighted by molar-refractivity contribution is 8.01. The van der Waals surface area contributed by atoms with E-state index in [0.29, 0.717) is 11.3 Å². The topological polar surface area (TPSA) is 49.3 Å². The van der Waals surface area contributed by atoms with Gasteiger partial charge in [0.1, 0.15) is 0 Å². The third-order valence-electron chi connectivity index (χ3n) is 3.87. The van der Waals surface area contributed by atoms with Gasteiger partial charge in [-0.15, -0.1) is 23.1 Å². The molecule has 0 unspecified atom stereocenters. The summed E-state index contributed by atoms with van der Waals surface area (Å²) >= 11 is 3.69. The number of nitrogens with one attached hydrogen (secondary N) is 2. The maximum Gasteiger partial charge on any atom is 0.191 e. The zero-order valence-corrected chi connectivity index (χ0v) is 15.8. The SMILES string of the molecule is CCNC(=NCc1cnc(C)s1)NCC1(Sc2ccccc2)CC1. The van der Waals surface area contributed by atoms with Crippen molar-refractivity contribution >= 4 is 29.1 Å². The fourth-order valence-corrected chi connectivity index (χ4v) is 4.38. The second kappa shape index (κ2) is 8.03. The van der Waals surface area contributed by atoms with Crippen LogP contribution in [0.25, 0.3) is 0 Å². The van der Waals surface area contributed by atoms with E-state index in [4.69, 9.17) is 4.99 Å². The summed E-state index contributed by atoms with van der Waals surface area (Å²) in [6, 6.07) is 10.7. The molecular formula is C18H24N4S2. The third-order valence-corrected chi connectivity index (χ3v) is 6.26. The fourth-order valence-electron chi connectivity index (χ4n) is 2.41. The van der Waals surface area contributed by atoms with Crippen LogP contribution in [0.5, 0.6) is 0 Å². The predicted octanol–water partition coefficient (Wildman–Crippen LogP) is 3.83. The Morgan fingerprint density at radius 3 is 2.71 bits per heavy atom. The molecule has 1 fully saturated rings. The van der Waals surface area contributed by atoms with Gasteiger partial charge >= 0.3 is 0 Å². The normalized spacial score (nSPS) is 16.0. The van der Waals surface area contributed by atoms with E-state index in [2.05, 4.69) is 52.9 Å². The predicted molar refractivity (Wildman–Crippen MR) is 104 cm³/mol. The van der Waals surface area contributed by atoms with Crippen LogP contribution in [0.1, 0.15) is 29.7 Å². The van der Waals surface area contributed by atoms with Gasteiger partial charge in [0.25, 0.3) is 0 Å². The summed E-state index contributed by atoms with van der Waals surface area (Å²) < 4.78 is 0.318. The highest BCUT2D eigenvalue weighted by Crippen LogP contribution is 2.51. The number of aromatic nitrogens is 1. The molecule has 0 saturated heterocycles. The molecule has 4 nitrogen and oxygen atoms in total. The van der Waals surface area contributed by atoms with Crippen molar-refractivity contribution in [3.05, 3.63) is 46.4 Å². The van der Waals surface area contributed by atoms with E-state index in [1.54, 1.807) is 11.3 Å². The molecule has 1 aromatic heterocycles. The summed E-state index contributed by atoms with van der Waals surface area (Å²) in [5.41, 5.74) is 0. The van der Waals surface area contributed by atoms with Crippen molar-refractivity contribution in [3.8, 4) is 0 Å². The van der Waals surface area contributed by atoms with Gasteiger partial charge in [-0.05, 0) is 38.8 Å². The smallest absolute Gasteiger partial charge is 0.191 e. The molecule has 6 heteroatoms. The van der Waals surface area contributed by atoms with E-state index in [1.807, 2.05) is 24.9 Å². The van der Waals surface area contributed by atoms with Gasteiger partial charge in [0.2, 0.25) is 0 Å². The van der Waals surface area contributed by atoms with E-state index in [9.17, 15) is 0 Å². The Hall–Kier alpha value is -1.53. The number of guanidine groups is 1. The van der Waals surface area contributed by atoms with Gasteiger partial charge in [0.05, 0.1) is 11.6 Å². The highest BCUT2D eigenvalue weighted by Gasteiger charge is 2.43. The van der Waals surface area contributed by atoms with E-state index in [1.165, 1.54) is 22.6 Å². The van der Waals surface area contributed by atoms with Crippen LogP contribution in [0, 0.1) is 6.92 Å². The Kier molecular flexibility index (Phi) is 5.79. The number of benzene rings is 1. The molecule has 0 atom stereocenters. The lowest BCUT2D eigenvalue weighted by Crippen LogP contribution is -2.41. The summed E-state index contributed by atoms with van der Waals surface area (Å²) in [5.74, 6) is 0.892. The molecule has 1 aliphatic carbocycles. The Morgan fingerprint density at radius 1 is 1.29 bits per heavy atom. The first-order chi connectivity index (χ1) is 11.7. The first kappa shape index (κ1) is 17.3. The minimum Gasteiger partial charge on any atom is -0.357 e. The van der Waals surface area contributed by atoms with Gasteiger partial charge in [0, 0.05) is 33.8 Å². The number of hydrogen-bond donors (Lipinski definition) is 2. The zero-order valence-electron chi connectivity index (χ0n) is 14.2. The van der Waals surface area contributed by atoms with Gasteiger partial charge in [-0.1, -0.05) is 18.2 Å². The van der Waals surface area contributed by atoms with Gasteiger partial charge in [-0.25, -0.2) is 9.98 Å². The van der Waals surface area contributed by atoms with E-state index in [0.717, 1.165) is 24.1 Å². The van der Waals surface area contributed by atoms with E-state index in [-0.39, 0.29) is 0 Å². The zero-order chi connectivity index (χ0) is 16.8. The Labute approximate surface area is 152 Å². The third kappa shape index (κ3) is 4.98. The van der Waals surface area contributed by atoms with Crippen LogP contribution in [0.3, 0.4) is 0 Å². The van der Waals surface area contributed by atoms with Crippen LogP contribution < -0.4 is 10.6 Å². The van der Waals surface area contributed by atoms with Crippen molar-refractivity contribution in [2.75, 3.05) is 13.1 Å². The Bertz CT molecular complexity index is 677. The van der Waals surface area contributed by atoms with Gasteiger partial charge < -0.3 is 10.6 Å². The average molecular weight is 361 g/mol. The molecule has 0 radical (unpaired) electrons. The maximum absolute atomic E-state index is 4.69. The molecule has 0 bridgehead atoms. The highest BCUT2D eigenvalue weighted by atomic mass is 32.2. The maximum atomic E-state index is 4.69. The van der Waals surface area contributed by atoms with Crippen LogP contribution in [0.2, 0.25) is 0 Å². The molecule has 2 N–H and O–H groups in total. The number of thiazole rings is 1. The molecule has 1 aliphatic rings. The van der Waals surface area contributed by atoms with Crippen LogP contribution in [-0.2, 0) is 6.54 Å². The molecule has 0 aliphatic heterocycles. The number of aryl methyl sites for hydroxylation is 1. The molecule has 1 aromatic carbocycles. The van der Waals surface area contributed by atoms with E-state index < -0.39 is 0 Å².